The Kier molecular flexibility index (Phi) is 6.67. The van der Waals surface area contributed by atoms with Crippen molar-refractivity contribution in [3.8, 4) is 5.75 Å². The number of para-hydroxylation sites is 1. The number of nitrogens with zero attached hydrogens (tertiary/aromatic N) is 1. The van der Waals surface area contributed by atoms with Crippen molar-refractivity contribution in [1.29, 1.82) is 0 Å². The average molecular weight is 326 g/mol. The number of anilines is 1. The van der Waals surface area contributed by atoms with Crippen molar-refractivity contribution in [2.45, 2.75) is 19.8 Å². The lowest BCUT2D eigenvalue weighted by atomic mass is 10.1. The lowest BCUT2D eigenvalue weighted by molar-refractivity contribution is -0.120. The average Bonchev–Trinajstić information content (AvgIpc) is 2.60. The van der Waals surface area contributed by atoms with Crippen LogP contribution in [0, 0.1) is 6.92 Å². The number of hydrogen-bond donors (Lipinski definition) is 1. The number of likely N-dealkylation sites (N-methyl/N-ethyl adjacent to an activating group) is 1. The maximum Gasteiger partial charge on any atom is 0.220 e. The van der Waals surface area contributed by atoms with Crippen LogP contribution >= 0.6 is 0 Å². The minimum atomic E-state index is 0.0879. The van der Waals surface area contributed by atoms with Gasteiger partial charge < -0.3 is 15.0 Å². The fourth-order valence-electron chi connectivity index (χ4n) is 2.62. The third-order valence-corrected chi connectivity index (χ3v) is 4.07. The number of ether oxygens (including phenoxy) is 1. The summed E-state index contributed by atoms with van der Waals surface area (Å²) in [6, 6.07) is 16.2. The Morgan fingerprint density at radius 1 is 1.17 bits per heavy atom. The van der Waals surface area contributed by atoms with E-state index in [1.807, 2.05) is 44.3 Å². The lowest BCUT2D eigenvalue weighted by Crippen LogP contribution is -2.33. The Bertz CT molecular complexity index is 656. The van der Waals surface area contributed by atoms with Gasteiger partial charge in [0.05, 0.1) is 7.11 Å². The van der Waals surface area contributed by atoms with Crippen molar-refractivity contribution in [1.82, 2.24) is 5.32 Å². The second-order valence-corrected chi connectivity index (χ2v) is 5.91. The minimum absolute atomic E-state index is 0.0879. The lowest BCUT2D eigenvalue weighted by Gasteiger charge is -2.19. The summed E-state index contributed by atoms with van der Waals surface area (Å²) in [5.41, 5.74) is 3.41. The van der Waals surface area contributed by atoms with Crippen LogP contribution in [-0.2, 0) is 11.2 Å². The summed E-state index contributed by atoms with van der Waals surface area (Å²) in [6.45, 7) is 3.45. The van der Waals surface area contributed by atoms with E-state index < -0.39 is 0 Å². The molecule has 0 radical (unpaired) electrons. The molecule has 0 atom stereocenters. The molecular formula is C20H26N2O2. The standard InChI is InChI=1S/C20H26N2O2/c1-16-15-17(9-11-19(16)24-3)10-12-20(23)21-13-14-22(2)18-7-5-4-6-8-18/h4-9,11,15H,10,12-14H2,1-3H3,(H,21,23). The number of rotatable bonds is 8. The van der Waals surface area contributed by atoms with Gasteiger partial charge in [0.2, 0.25) is 5.91 Å². The SMILES string of the molecule is COc1ccc(CCC(=O)NCCN(C)c2ccccc2)cc1C. The third-order valence-electron chi connectivity index (χ3n) is 4.07. The van der Waals surface area contributed by atoms with E-state index in [9.17, 15) is 4.79 Å². The van der Waals surface area contributed by atoms with Gasteiger partial charge in [0.1, 0.15) is 5.75 Å². The molecule has 0 fully saturated rings. The van der Waals surface area contributed by atoms with Gasteiger partial charge >= 0.3 is 0 Å². The van der Waals surface area contributed by atoms with Crippen molar-refractivity contribution in [2.24, 2.45) is 0 Å². The molecule has 0 saturated heterocycles. The predicted octanol–water partition coefficient (Wildman–Crippen LogP) is 3.19. The van der Waals surface area contributed by atoms with Crippen molar-refractivity contribution in [2.75, 3.05) is 32.1 Å². The zero-order chi connectivity index (χ0) is 17.4. The maximum atomic E-state index is 12.0. The molecule has 0 heterocycles. The molecule has 0 aliphatic rings. The smallest absolute Gasteiger partial charge is 0.220 e. The van der Waals surface area contributed by atoms with Crippen LogP contribution in [0.2, 0.25) is 0 Å². The van der Waals surface area contributed by atoms with E-state index in [2.05, 4.69) is 28.4 Å². The number of benzene rings is 2. The van der Waals surface area contributed by atoms with Gasteiger partial charge in [-0.2, -0.15) is 0 Å². The highest BCUT2D eigenvalue weighted by molar-refractivity contribution is 5.76. The van der Waals surface area contributed by atoms with Gasteiger partial charge in [-0.3, -0.25) is 4.79 Å². The van der Waals surface area contributed by atoms with Gasteiger partial charge in [0, 0.05) is 32.2 Å². The minimum Gasteiger partial charge on any atom is -0.496 e. The topological polar surface area (TPSA) is 41.6 Å². The number of aryl methyl sites for hydroxylation is 2. The summed E-state index contributed by atoms with van der Waals surface area (Å²) in [4.78, 5) is 14.1. The maximum absolute atomic E-state index is 12.0. The Hall–Kier alpha value is -2.49. The second kappa shape index (κ2) is 8.96. The first-order valence-corrected chi connectivity index (χ1v) is 8.26. The van der Waals surface area contributed by atoms with E-state index in [1.54, 1.807) is 7.11 Å². The molecule has 2 aromatic rings. The van der Waals surface area contributed by atoms with Crippen LogP contribution in [0.1, 0.15) is 17.5 Å². The summed E-state index contributed by atoms with van der Waals surface area (Å²) >= 11 is 0. The fourth-order valence-corrected chi connectivity index (χ4v) is 2.62. The van der Waals surface area contributed by atoms with Crippen LogP contribution in [0.15, 0.2) is 48.5 Å². The van der Waals surface area contributed by atoms with E-state index in [0.29, 0.717) is 13.0 Å². The Labute approximate surface area is 144 Å². The number of carbonyl (C=O) groups excluding carboxylic acids is 1. The van der Waals surface area contributed by atoms with Crippen LogP contribution in [0.25, 0.3) is 0 Å². The first kappa shape index (κ1) is 17.9. The Morgan fingerprint density at radius 2 is 1.92 bits per heavy atom. The molecule has 24 heavy (non-hydrogen) atoms. The number of amides is 1. The number of methoxy groups -OCH3 is 1. The predicted molar refractivity (Wildman–Crippen MR) is 98.8 cm³/mol. The fraction of sp³-hybridized carbons (Fsp3) is 0.350. The first-order valence-electron chi connectivity index (χ1n) is 8.26. The Morgan fingerprint density at radius 3 is 2.58 bits per heavy atom. The summed E-state index contributed by atoms with van der Waals surface area (Å²) in [6.07, 6.45) is 1.24. The summed E-state index contributed by atoms with van der Waals surface area (Å²) < 4.78 is 5.25. The van der Waals surface area contributed by atoms with Gasteiger partial charge in [-0.05, 0) is 42.7 Å². The monoisotopic (exact) mass is 326 g/mol. The quantitative estimate of drug-likeness (QED) is 0.810. The molecule has 0 spiro atoms. The molecule has 1 N–H and O–H groups in total. The van der Waals surface area contributed by atoms with Crippen LogP contribution in [-0.4, -0.2) is 33.2 Å². The van der Waals surface area contributed by atoms with Crippen LogP contribution in [0.3, 0.4) is 0 Å². The van der Waals surface area contributed by atoms with Crippen LogP contribution in [0.5, 0.6) is 5.75 Å². The molecule has 2 aromatic carbocycles. The molecule has 0 aliphatic carbocycles. The van der Waals surface area contributed by atoms with Gasteiger partial charge in [-0.15, -0.1) is 0 Å². The first-order chi connectivity index (χ1) is 11.6. The van der Waals surface area contributed by atoms with Gasteiger partial charge in [-0.25, -0.2) is 0 Å². The van der Waals surface area contributed by atoms with Crippen molar-refractivity contribution in [3.63, 3.8) is 0 Å². The molecule has 0 saturated carbocycles. The molecule has 0 unspecified atom stereocenters. The molecule has 128 valence electrons. The largest absolute Gasteiger partial charge is 0.496 e. The molecule has 4 nitrogen and oxygen atoms in total. The van der Waals surface area contributed by atoms with Crippen molar-refractivity contribution < 1.29 is 9.53 Å². The summed E-state index contributed by atoms with van der Waals surface area (Å²) in [5, 5.41) is 2.99. The second-order valence-electron chi connectivity index (χ2n) is 5.91. The van der Waals surface area contributed by atoms with E-state index >= 15 is 0 Å². The normalized spacial score (nSPS) is 10.3. The molecule has 0 aromatic heterocycles. The van der Waals surface area contributed by atoms with Crippen molar-refractivity contribution in [3.05, 3.63) is 59.7 Å². The van der Waals surface area contributed by atoms with Gasteiger partial charge in [-0.1, -0.05) is 30.3 Å². The molecule has 4 heteroatoms. The molecule has 2 rings (SSSR count). The highest BCUT2D eigenvalue weighted by Crippen LogP contribution is 2.19. The van der Waals surface area contributed by atoms with E-state index in [4.69, 9.17) is 4.74 Å². The van der Waals surface area contributed by atoms with Gasteiger partial charge in [0.25, 0.3) is 0 Å². The molecule has 0 aliphatic heterocycles. The number of nitrogens with one attached hydrogen (secondary N) is 1. The third kappa shape index (κ3) is 5.30. The highest BCUT2D eigenvalue weighted by Gasteiger charge is 2.05. The van der Waals surface area contributed by atoms with Crippen LogP contribution < -0.4 is 15.0 Å². The van der Waals surface area contributed by atoms with Crippen LogP contribution in [0.4, 0.5) is 5.69 Å². The van der Waals surface area contributed by atoms with E-state index in [-0.39, 0.29) is 5.91 Å². The Balaban J connectivity index is 1.71. The van der Waals surface area contributed by atoms with Crippen molar-refractivity contribution >= 4 is 11.6 Å². The molecule has 1 amide bonds. The van der Waals surface area contributed by atoms with E-state index in [0.717, 1.165) is 35.5 Å². The molecular weight excluding hydrogens is 300 g/mol. The zero-order valence-electron chi connectivity index (χ0n) is 14.7. The number of hydrogen-bond acceptors (Lipinski definition) is 3. The van der Waals surface area contributed by atoms with Gasteiger partial charge in [0.15, 0.2) is 0 Å². The highest BCUT2D eigenvalue weighted by atomic mass is 16.5. The summed E-state index contributed by atoms with van der Waals surface area (Å²) in [7, 11) is 3.70. The van der Waals surface area contributed by atoms with E-state index in [1.165, 1.54) is 0 Å². The zero-order valence-corrected chi connectivity index (χ0v) is 14.7. The summed E-state index contributed by atoms with van der Waals surface area (Å²) in [5.74, 6) is 0.970. The number of carbonyl (C=O) groups is 1. The molecule has 0 bridgehead atoms.